The number of nitrogens with one attached hydrogen (secondary N) is 1. The van der Waals surface area contributed by atoms with Gasteiger partial charge in [-0.1, -0.05) is 37.6 Å². The molecule has 0 saturated carbocycles. The molecule has 0 saturated heterocycles. The third kappa shape index (κ3) is 5.06. The minimum atomic E-state index is 0.406. The van der Waals surface area contributed by atoms with Crippen LogP contribution in [-0.4, -0.2) is 6.54 Å². The zero-order chi connectivity index (χ0) is 12.5. The lowest BCUT2D eigenvalue weighted by Crippen LogP contribution is -2.19. The van der Waals surface area contributed by atoms with Gasteiger partial charge in [0, 0.05) is 12.5 Å². The fraction of sp³-hybridized carbons (Fsp3) is 0.500. The standard InChI is InChI=1S/C16H23N/c1-4-6-7-13-17-14(3)16-11-9-15(8-5-2)10-12-16/h1,9-12,14,17H,5-8,13H2,2-3H3. The molecule has 0 radical (unpaired) electrons. The van der Waals surface area contributed by atoms with Gasteiger partial charge in [0.15, 0.2) is 0 Å². The van der Waals surface area contributed by atoms with Gasteiger partial charge in [-0.25, -0.2) is 0 Å². The Balaban J connectivity index is 2.40. The summed E-state index contributed by atoms with van der Waals surface area (Å²) >= 11 is 0. The predicted octanol–water partition coefficient (Wildman–Crippen LogP) is 3.70. The van der Waals surface area contributed by atoms with Crippen molar-refractivity contribution in [1.29, 1.82) is 0 Å². The molecule has 0 spiro atoms. The lowest BCUT2D eigenvalue weighted by molar-refractivity contribution is 0.562. The zero-order valence-corrected chi connectivity index (χ0v) is 11.0. The maximum atomic E-state index is 5.22. The van der Waals surface area contributed by atoms with Crippen LogP contribution in [-0.2, 0) is 6.42 Å². The number of hydrogen-bond donors (Lipinski definition) is 1. The van der Waals surface area contributed by atoms with Crippen molar-refractivity contribution in [3.05, 3.63) is 35.4 Å². The third-order valence-corrected chi connectivity index (χ3v) is 2.97. The van der Waals surface area contributed by atoms with Gasteiger partial charge in [-0.3, -0.25) is 0 Å². The lowest BCUT2D eigenvalue weighted by Gasteiger charge is -2.14. The van der Waals surface area contributed by atoms with Crippen molar-refractivity contribution in [2.75, 3.05) is 6.54 Å². The summed E-state index contributed by atoms with van der Waals surface area (Å²) in [7, 11) is 0. The van der Waals surface area contributed by atoms with Crippen LogP contribution in [0.4, 0.5) is 0 Å². The van der Waals surface area contributed by atoms with Crippen LogP contribution in [0.1, 0.15) is 50.3 Å². The molecular weight excluding hydrogens is 206 g/mol. The smallest absolute Gasteiger partial charge is 0.0291 e. The average molecular weight is 229 g/mol. The molecule has 92 valence electrons. The second-order valence-electron chi connectivity index (χ2n) is 4.48. The lowest BCUT2D eigenvalue weighted by atomic mass is 10.0. The Hall–Kier alpha value is -1.26. The minimum absolute atomic E-state index is 0.406. The van der Waals surface area contributed by atoms with Crippen LogP contribution in [0.3, 0.4) is 0 Å². The molecule has 1 unspecified atom stereocenters. The molecule has 0 aliphatic rings. The molecule has 0 heterocycles. The van der Waals surface area contributed by atoms with Gasteiger partial charge in [0.1, 0.15) is 0 Å². The molecule has 1 N–H and O–H groups in total. The summed E-state index contributed by atoms with van der Waals surface area (Å²) in [6.07, 6.45) is 9.51. The van der Waals surface area contributed by atoms with E-state index in [0.29, 0.717) is 6.04 Å². The van der Waals surface area contributed by atoms with Crippen molar-refractivity contribution >= 4 is 0 Å². The summed E-state index contributed by atoms with van der Waals surface area (Å²) in [4.78, 5) is 0. The maximum Gasteiger partial charge on any atom is 0.0291 e. The van der Waals surface area contributed by atoms with Crippen LogP contribution in [0, 0.1) is 12.3 Å². The Morgan fingerprint density at radius 3 is 2.59 bits per heavy atom. The molecule has 0 aliphatic carbocycles. The molecule has 0 aromatic heterocycles. The first-order valence-corrected chi connectivity index (χ1v) is 6.53. The van der Waals surface area contributed by atoms with E-state index in [4.69, 9.17) is 6.42 Å². The van der Waals surface area contributed by atoms with Gasteiger partial charge >= 0.3 is 0 Å². The topological polar surface area (TPSA) is 12.0 Å². The first-order chi connectivity index (χ1) is 8.27. The van der Waals surface area contributed by atoms with E-state index >= 15 is 0 Å². The molecule has 0 fully saturated rings. The predicted molar refractivity (Wildman–Crippen MR) is 74.9 cm³/mol. The molecule has 0 aliphatic heterocycles. The van der Waals surface area contributed by atoms with Gasteiger partial charge < -0.3 is 5.32 Å². The van der Waals surface area contributed by atoms with Gasteiger partial charge in [0.05, 0.1) is 0 Å². The van der Waals surface area contributed by atoms with Gasteiger partial charge in [0.25, 0.3) is 0 Å². The van der Waals surface area contributed by atoms with Gasteiger partial charge in [0.2, 0.25) is 0 Å². The average Bonchev–Trinajstić information content (AvgIpc) is 2.36. The third-order valence-electron chi connectivity index (χ3n) is 2.97. The Morgan fingerprint density at radius 2 is 2.00 bits per heavy atom. The van der Waals surface area contributed by atoms with Crippen molar-refractivity contribution in [3.8, 4) is 12.3 Å². The number of aryl methyl sites for hydroxylation is 1. The molecule has 1 nitrogen and oxygen atoms in total. The zero-order valence-electron chi connectivity index (χ0n) is 11.0. The van der Waals surface area contributed by atoms with Crippen LogP contribution in [0.15, 0.2) is 24.3 Å². The van der Waals surface area contributed by atoms with Crippen molar-refractivity contribution < 1.29 is 0 Å². The summed E-state index contributed by atoms with van der Waals surface area (Å²) in [5.41, 5.74) is 2.78. The van der Waals surface area contributed by atoms with Crippen LogP contribution in [0.2, 0.25) is 0 Å². The summed E-state index contributed by atoms with van der Waals surface area (Å²) in [6, 6.07) is 9.33. The fourth-order valence-corrected chi connectivity index (χ4v) is 1.89. The minimum Gasteiger partial charge on any atom is -0.310 e. The Kier molecular flexibility index (Phi) is 6.43. The van der Waals surface area contributed by atoms with Crippen molar-refractivity contribution in [2.24, 2.45) is 0 Å². The highest BCUT2D eigenvalue weighted by Crippen LogP contribution is 2.14. The van der Waals surface area contributed by atoms with Crippen LogP contribution in [0.5, 0.6) is 0 Å². The number of rotatable bonds is 7. The van der Waals surface area contributed by atoms with E-state index in [2.05, 4.69) is 49.4 Å². The van der Waals surface area contributed by atoms with Gasteiger partial charge in [-0.2, -0.15) is 0 Å². The number of hydrogen-bond acceptors (Lipinski definition) is 1. The van der Waals surface area contributed by atoms with Gasteiger partial charge in [-0.15, -0.1) is 12.3 Å². The normalized spacial score (nSPS) is 12.1. The number of terminal acetylenes is 1. The van der Waals surface area contributed by atoms with Crippen molar-refractivity contribution in [2.45, 2.75) is 45.6 Å². The highest BCUT2D eigenvalue weighted by Gasteiger charge is 2.03. The van der Waals surface area contributed by atoms with Crippen LogP contribution < -0.4 is 5.32 Å². The van der Waals surface area contributed by atoms with Crippen molar-refractivity contribution in [1.82, 2.24) is 5.32 Å². The largest absolute Gasteiger partial charge is 0.310 e. The molecule has 17 heavy (non-hydrogen) atoms. The number of unbranched alkanes of at least 4 members (excludes halogenated alkanes) is 1. The monoisotopic (exact) mass is 229 g/mol. The highest BCUT2D eigenvalue weighted by molar-refractivity contribution is 5.24. The molecule has 1 atom stereocenters. The second kappa shape index (κ2) is 7.92. The van der Waals surface area contributed by atoms with E-state index < -0.39 is 0 Å². The summed E-state index contributed by atoms with van der Waals surface area (Å²) in [6.45, 7) is 5.40. The summed E-state index contributed by atoms with van der Waals surface area (Å²) in [5, 5.41) is 3.49. The van der Waals surface area contributed by atoms with E-state index in [9.17, 15) is 0 Å². The second-order valence-corrected chi connectivity index (χ2v) is 4.48. The van der Waals surface area contributed by atoms with E-state index in [1.165, 1.54) is 24.0 Å². The summed E-state index contributed by atoms with van der Waals surface area (Å²) < 4.78 is 0. The van der Waals surface area contributed by atoms with Gasteiger partial charge in [-0.05, 0) is 37.4 Å². The van der Waals surface area contributed by atoms with E-state index in [0.717, 1.165) is 19.4 Å². The maximum absolute atomic E-state index is 5.22. The molecule has 1 aromatic carbocycles. The van der Waals surface area contributed by atoms with E-state index in [-0.39, 0.29) is 0 Å². The molecule has 1 heteroatoms. The fourth-order valence-electron chi connectivity index (χ4n) is 1.89. The summed E-state index contributed by atoms with van der Waals surface area (Å²) in [5.74, 6) is 2.66. The molecular formula is C16H23N. The SMILES string of the molecule is C#CCCCNC(C)c1ccc(CCC)cc1. The molecule has 1 rings (SSSR count). The molecule has 0 bridgehead atoms. The van der Waals surface area contributed by atoms with E-state index in [1.807, 2.05) is 0 Å². The quantitative estimate of drug-likeness (QED) is 0.555. The Labute approximate surface area is 106 Å². The van der Waals surface area contributed by atoms with E-state index in [1.54, 1.807) is 0 Å². The Morgan fingerprint density at radius 1 is 1.29 bits per heavy atom. The first-order valence-electron chi connectivity index (χ1n) is 6.53. The van der Waals surface area contributed by atoms with Crippen LogP contribution >= 0.6 is 0 Å². The molecule has 1 aromatic rings. The van der Waals surface area contributed by atoms with Crippen LogP contribution in [0.25, 0.3) is 0 Å². The van der Waals surface area contributed by atoms with Crippen molar-refractivity contribution in [3.63, 3.8) is 0 Å². The Bertz CT molecular complexity index is 345. The highest BCUT2D eigenvalue weighted by atomic mass is 14.9. The molecule has 0 amide bonds. The first kappa shape index (κ1) is 13.8. The number of benzene rings is 1.